The van der Waals surface area contributed by atoms with Crippen molar-refractivity contribution in [2.75, 3.05) is 33.2 Å². The molecule has 12 heteroatoms. The number of rotatable bonds is 11. The molecule has 1 aliphatic heterocycles. The maximum absolute atomic E-state index is 13.8. The number of halogens is 1. The Morgan fingerprint density at radius 1 is 1.22 bits per heavy atom. The number of amides is 3. The molecule has 0 radical (unpaired) electrons. The fourth-order valence-corrected chi connectivity index (χ4v) is 5.72. The predicted molar refractivity (Wildman–Crippen MR) is 165 cm³/mol. The van der Waals surface area contributed by atoms with Gasteiger partial charge in [0.2, 0.25) is 17.7 Å². The number of aliphatic hydroxyl groups is 1. The largest absolute Gasteiger partial charge is 0.391 e. The van der Waals surface area contributed by atoms with Crippen molar-refractivity contribution in [1.82, 2.24) is 25.4 Å². The van der Waals surface area contributed by atoms with Crippen molar-refractivity contribution < 1.29 is 19.5 Å². The maximum atomic E-state index is 13.8. The van der Waals surface area contributed by atoms with E-state index < -0.39 is 23.6 Å². The van der Waals surface area contributed by atoms with Crippen molar-refractivity contribution in [2.24, 2.45) is 11.1 Å². The van der Waals surface area contributed by atoms with E-state index in [0.717, 1.165) is 28.1 Å². The normalized spacial score (nSPS) is 18.5. The highest BCUT2D eigenvalue weighted by molar-refractivity contribution is 7.13. The second kappa shape index (κ2) is 15.1. The minimum absolute atomic E-state index is 0. The van der Waals surface area contributed by atoms with Crippen LogP contribution in [0.2, 0.25) is 0 Å². The van der Waals surface area contributed by atoms with E-state index in [-0.39, 0.29) is 55.7 Å². The average molecular weight is 609 g/mol. The zero-order chi connectivity index (χ0) is 29.6. The summed E-state index contributed by atoms with van der Waals surface area (Å²) in [5.41, 5.74) is 9.75. The molecular weight excluding hydrogens is 564 g/mol. The Kier molecular flexibility index (Phi) is 12.7. The lowest BCUT2D eigenvalue weighted by atomic mass is 9.85. The number of nitrogens with two attached hydrogens (primary N) is 1. The molecule has 1 aromatic carbocycles. The minimum atomic E-state index is -0.858. The number of thiazole rings is 1. The SMILES string of the molecule is Cc1ncsc1-c1ccc([C@H](C)NC(=O)[C@@H]2C[C@@H](O)CN2C(=O)[C@@H](NC(=O)CN(C)CCCN)C(C)(C)C)cc1.Cl. The van der Waals surface area contributed by atoms with Gasteiger partial charge in [0.15, 0.2) is 0 Å². The molecular formula is C29H45ClN6O4S. The average Bonchev–Trinajstić information content (AvgIpc) is 3.50. The molecule has 1 fully saturated rings. The highest BCUT2D eigenvalue weighted by Crippen LogP contribution is 2.29. The Bertz CT molecular complexity index is 1170. The Labute approximate surface area is 253 Å². The van der Waals surface area contributed by atoms with Crippen molar-refractivity contribution in [1.29, 1.82) is 0 Å². The number of hydrogen-bond acceptors (Lipinski definition) is 8. The maximum Gasteiger partial charge on any atom is 0.246 e. The highest BCUT2D eigenvalue weighted by Gasteiger charge is 2.44. The van der Waals surface area contributed by atoms with Gasteiger partial charge in [-0.15, -0.1) is 23.7 Å². The Morgan fingerprint density at radius 3 is 2.44 bits per heavy atom. The van der Waals surface area contributed by atoms with Gasteiger partial charge in [-0.25, -0.2) is 4.98 Å². The van der Waals surface area contributed by atoms with Crippen LogP contribution in [-0.4, -0.2) is 89.0 Å². The van der Waals surface area contributed by atoms with Gasteiger partial charge in [0.05, 0.1) is 34.8 Å². The minimum Gasteiger partial charge on any atom is -0.391 e. The summed E-state index contributed by atoms with van der Waals surface area (Å²) in [6.45, 7) is 10.8. The third-order valence-corrected chi connectivity index (χ3v) is 8.20. The van der Waals surface area contributed by atoms with Crippen LogP contribution in [0.3, 0.4) is 0 Å². The zero-order valence-corrected chi connectivity index (χ0v) is 26.5. The van der Waals surface area contributed by atoms with Crippen molar-refractivity contribution >= 4 is 41.5 Å². The van der Waals surface area contributed by atoms with E-state index in [2.05, 4.69) is 15.6 Å². The van der Waals surface area contributed by atoms with Gasteiger partial charge in [-0.3, -0.25) is 19.3 Å². The monoisotopic (exact) mass is 608 g/mol. The van der Waals surface area contributed by atoms with Crippen LogP contribution in [0.4, 0.5) is 0 Å². The summed E-state index contributed by atoms with van der Waals surface area (Å²) in [6.07, 6.45) is 0.0820. The first kappa shape index (κ1) is 34.6. The first-order valence-electron chi connectivity index (χ1n) is 13.8. The number of likely N-dealkylation sites (N-methyl/N-ethyl adjacent to an activating group) is 1. The molecule has 3 rings (SSSR count). The van der Waals surface area contributed by atoms with E-state index in [9.17, 15) is 19.5 Å². The molecule has 0 unspecified atom stereocenters. The smallest absolute Gasteiger partial charge is 0.246 e. The topological polar surface area (TPSA) is 141 Å². The number of β-amino-alcohol motifs (C(OH)–C–C–N with tert-alkyl or cyclic N) is 1. The van der Waals surface area contributed by atoms with Gasteiger partial charge >= 0.3 is 0 Å². The summed E-state index contributed by atoms with van der Waals surface area (Å²) in [7, 11) is 1.83. The number of carbonyl (C=O) groups is 3. The second-order valence-corrected chi connectivity index (χ2v) is 12.6. The summed E-state index contributed by atoms with van der Waals surface area (Å²) in [5, 5.41) is 16.3. The molecule has 0 saturated carbocycles. The second-order valence-electron chi connectivity index (χ2n) is 11.8. The Morgan fingerprint density at radius 2 is 1.88 bits per heavy atom. The van der Waals surface area contributed by atoms with Gasteiger partial charge in [-0.05, 0) is 56.9 Å². The Balaban J connectivity index is 0.00000588. The van der Waals surface area contributed by atoms with E-state index in [1.165, 1.54) is 4.90 Å². The van der Waals surface area contributed by atoms with Gasteiger partial charge in [0.1, 0.15) is 12.1 Å². The Hall–Kier alpha value is -2.57. The highest BCUT2D eigenvalue weighted by atomic mass is 35.5. The van der Waals surface area contributed by atoms with Crippen molar-refractivity contribution in [3.05, 3.63) is 41.0 Å². The number of likely N-dealkylation sites (tertiary alicyclic amines) is 1. The van der Waals surface area contributed by atoms with E-state index >= 15 is 0 Å². The van der Waals surface area contributed by atoms with Crippen LogP contribution in [-0.2, 0) is 14.4 Å². The standard InChI is InChI=1S/C29H44N6O4S.ClH/c1-18(20-8-10-21(11-9-20)25-19(2)31-17-40-25)32-27(38)23-14-22(36)15-35(23)28(39)26(29(3,4)5)33-24(37)16-34(6)13-7-12-30;/h8-11,17-18,22-23,26,36H,7,12-16,30H2,1-6H3,(H,32,38)(H,33,37);1H/t18-,22+,23-,26+;/m0./s1. The molecule has 5 N–H and O–H groups in total. The van der Waals surface area contributed by atoms with Gasteiger partial charge in [-0.2, -0.15) is 0 Å². The first-order chi connectivity index (χ1) is 18.8. The van der Waals surface area contributed by atoms with Crippen LogP contribution >= 0.6 is 23.7 Å². The summed E-state index contributed by atoms with van der Waals surface area (Å²) in [5.74, 6) is -0.987. The summed E-state index contributed by atoms with van der Waals surface area (Å²) >= 11 is 1.59. The van der Waals surface area contributed by atoms with Gasteiger partial charge < -0.3 is 26.4 Å². The molecule has 3 amide bonds. The molecule has 0 spiro atoms. The molecule has 2 heterocycles. The van der Waals surface area contributed by atoms with Crippen LogP contribution in [0.15, 0.2) is 29.8 Å². The molecule has 2 aromatic rings. The molecule has 4 atom stereocenters. The summed E-state index contributed by atoms with van der Waals surface area (Å²) < 4.78 is 0. The van der Waals surface area contributed by atoms with Gasteiger partial charge in [-0.1, -0.05) is 45.0 Å². The lowest BCUT2D eigenvalue weighted by Gasteiger charge is -2.36. The number of carbonyl (C=O) groups excluding carboxylic acids is 3. The molecule has 41 heavy (non-hydrogen) atoms. The van der Waals surface area contributed by atoms with Crippen LogP contribution in [0, 0.1) is 12.3 Å². The quantitative estimate of drug-likeness (QED) is 0.307. The summed E-state index contributed by atoms with van der Waals surface area (Å²) in [4.78, 5) is 48.7. The number of nitrogens with zero attached hydrogens (tertiary/aromatic N) is 3. The molecule has 0 aliphatic carbocycles. The fraction of sp³-hybridized carbons (Fsp3) is 0.586. The zero-order valence-electron chi connectivity index (χ0n) is 24.8. The number of nitrogens with one attached hydrogen (secondary N) is 2. The van der Waals surface area contributed by atoms with E-state index in [1.54, 1.807) is 11.3 Å². The van der Waals surface area contributed by atoms with E-state index in [1.807, 2.05) is 76.3 Å². The predicted octanol–water partition coefficient (Wildman–Crippen LogP) is 2.49. The molecule has 10 nitrogen and oxygen atoms in total. The van der Waals surface area contributed by atoms with Crippen molar-refractivity contribution in [2.45, 2.75) is 71.7 Å². The number of aryl methyl sites for hydroxylation is 1. The van der Waals surface area contributed by atoms with Crippen LogP contribution < -0.4 is 16.4 Å². The fourth-order valence-electron chi connectivity index (χ4n) is 4.91. The van der Waals surface area contributed by atoms with Gasteiger partial charge in [0, 0.05) is 13.0 Å². The van der Waals surface area contributed by atoms with Crippen LogP contribution in [0.5, 0.6) is 0 Å². The molecule has 1 aromatic heterocycles. The summed E-state index contributed by atoms with van der Waals surface area (Å²) in [6, 6.07) is 5.97. The molecule has 0 bridgehead atoms. The van der Waals surface area contributed by atoms with Crippen LogP contribution in [0.25, 0.3) is 10.4 Å². The lowest BCUT2D eigenvalue weighted by molar-refractivity contribution is -0.144. The van der Waals surface area contributed by atoms with E-state index in [0.29, 0.717) is 13.1 Å². The molecule has 1 aliphatic rings. The van der Waals surface area contributed by atoms with Crippen LogP contribution in [0.1, 0.15) is 57.8 Å². The van der Waals surface area contributed by atoms with Crippen molar-refractivity contribution in [3.8, 4) is 10.4 Å². The third kappa shape index (κ3) is 9.21. The van der Waals surface area contributed by atoms with E-state index in [4.69, 9.17) is 5.73 Å². The number of aromatic nitrogens is 1. The molecule has 228 valence electrons. The van der Waals surface area contributed by atoms with Gasteiger partial charge in [0.25, 0.3) is 0 Å². The first-order valence-corrected chi connectivity index (χ1v) is 14.7. The number of hydrogen-bond donors (Lipinski definition) is 4. The number of aliphatic hydroxyl groups excluding tert-OH is 1. The van der Waals surface area contributed by atoms with Crippen molar-refractivity contribution in [3.63, 3.8) is 0 Å². The third-order valence-electron chi connectivity index (χ3n) is 7.22. The lowest BCUT2D eigenvalue weighted by Crippen LogP contribution is -2.58. The molecule has 1 saturated heterocycles. The number of benzene rings is 1.